The predicted octanol–water partition coefficient (Wildman–Crippen LogP) is 0.235. The molecule has 1 aliphatic heterocycles. The van der Waals surface area contributed by atoms with E-state index in [0.717, 1.165) is 0 Å². The lowest BCUT2D eigenvalue weighted by molar-refractivity contribution is 0.0698. The zero-order valence-electron chi connectivity index (χ0n) is 5.74. The molecule has 0 amide bonds. The molecule has 0 radical (unpaired) electrons. The first-order chi connectivity index (χ1) is 5.38. The van der Waals surface area contributed by atoms with Gasteiger partial charge in [-0.25, -0.2) is 4.79 Å². The molecule has 1 aliphatic rings. The number of carbonyl (C=O) groups excluding carboxylic acids is 1. The molecule has 2 rings (SSSR count). The van der Waals surface area contributed by atoms with Crippen LogP contribution in [-0.4, -0.2) is 16.0 Å². The topological polar surface area (TPSA) is 35.5 Å². The Kier molecular flexibility index (Phi) is 1.40. The van der Waals surface area contributed by atoms with Crippen LogP contribution in [0.15, 0.2) is 24.3 Å². The summed E-state index contributed by atoms with van der Waals surface area (Å²) in [4.78, 5) is 11.0. The molecule has 1 aromatic rings. The molecule has 56 valence electrons. The van der Waals surface area contributed by atoms with Gasteiger partial charge in [0.05, 0.1) is 5.56 Å². The average molecular weight is 166 g/mol. The molecule has 0 saturated carbocycles. The van der Waals surface area contributed by atoms with Gasteiger partial charge >= 0.3 is 16.0 Å². The Morgan fingerprint density at radius 3 is 2.82 bits per heavy atom. The van der Waals surface area contributed by atoms with Crippen LogP contribution >= 0.6 is 0 Å². The molecule has 0 unspecified atom stereocenters. The summed E-state index contributed by atoms with van der Waals surface area (Å²) in [5.74, 6) is 0.411. The van der Waals surface area contributed by atoms with Gasteiger partial charge in [-0.05, 0) is 12.1 Å². The van der Waals surface area contributed by atoms with E-state index in [1.165, 1.54) is 0 Å². The molecule has 1 aromatic carbocycles. The normalized spacial score (nSPS) is 16.9. The fourth-order valence-corrected chi connectivity index (χ4v) is 1.69. The largest absolute Gasteiger partial charge is 0.515 e. The Hall–Kier alpha value is -1.29. The van der Waals surface area contributed by atoms with Crippen LogP contribution in [0.4, 0.5) is 0 Å². The third-order valence-electron chi connectivity index (χ3n) is 1.51. The van der Waals surface area contributed by atoms with E-state index < -0.39 is 10.0 Å². The summed E-state index contributed by atoms with van der Waals surface area (Å²) in [6, 6.07) is 7.11. The third kappa shape index (κ3) is 1.01. The molecular weight excluding hydrogens is 160 g/mol. The highest BCUT2D eigenvalue weighted by Gasteiger charge is 2.17. The maximum atomic E-state index is 11.0. The van der Waals surface area contributed by atoms with Gasteiger partial charge < -0.3 is 8.85 Å². The van der Waals surface area contributed by atoms with Crippen molar-refractivity contribution in [2.45, 2.75) is 0 Å². The van der Waals surface area contributed by atoms with E-state index in [9.17, 15) is 4.79 Å². The van der Waals surface area contributed by atoms with Crippen LogP contribution in [0.1, 0.15) is 10.4 Å². The van der Waals surface area contributed by atoms with Crippen molar-refractivity contribution in [1.29, 1.82) is 0 Å². The zero-order valence-corrected chi connectivity index (χ0v) is 7.16. The Morgan fingerprint density at radius 1 is 1.18 bits per heavy atom. The minimum Gasteiger partial charge on any atom is -0.515 e. The minimum atomic E-state index is -1.10. The Bertz CT molecular complexity index is 297. The van der Waals surface area contributed by atoms with Gasteiger partial charge in [0.2, 0.25) is 0 Å². The molecule has 11 heavy (non-hydrogen) atoms. The Morgan fingerprint density at radius 2 is 2.00 bits per heavy atom. The van der Waals surface area contributed by atoms with Gasteiger partial charge in [0.1, 0.15) is 5.75 Å². The van der Waals surface area contributed by atoms with Gasteiger partial charge in [0.25, 0.3) is 0 Å². The summed E-state index contributed by atoms with van der Waals surface area (Å²) in [5.41, 5.74) is 0.534. The van der Waals surface area contributed by atoms with E-state index in [2.05, 4.69) is 0 Å². The third-order valence-corrected chi connectivity index (χ3v) is 2.32. The molecule has 4 heteroatoms. The lowest BCUT2D eigenvalue weighted by Gasteiger charge is -2.15. The Balaban J connectivity index is 2.52. The molecular formula is C7H6O3Si. The summed E-state index contributed by atoms with van der Waals surface area (Å²) in [6.07, 6.45) is 0. The van der Waals surface area contributed by atoms with Crippen LogP contribution in [-0.2, 0) is 4.43 Å². The highest BCUT2D eigenvalue weighted by molar-refractivity contribution is 6.27. The van der Waals surface area contributed by atoms with Crippen molar-refractivity contribution in [2.75, 3.05) is 0 Å². The summed E-state index contributed by atoms with van der Waals surface area (Å²) >= 11 is 0. The molecule has 0 N–H and O–H groups in total. The maximum absolute atomic E-state index is 11.0. The van der Waals surface area contributed by atoms with E-state index in [1.807, 2.05) is 6.07 Å². The smallest absolute Gasteiger partial charge is 0.430 e. The lowest BCUT2D eigenvalue weighted by Crippen LogP contribution is -2.21. The first-order valence-corrected chi connectivity index (χ1v) is 4.42. The van der Waals surface area contributed by atoms with Crippen molar-refractivity contribution in [3.8, 4) is 5.75 Å². The van der Waals surface area contributed by atoms with Gasteiger partial charge in [-0.1, -0.05) is 12.1 Å². The lowest BCUT2D eigenvalue weighted by atomic mass is 10.2. The van der Waals surface area contributed by atoms with Gasteiger partial charge in [0, 0.05) is 0 Å². The minimum absolute atomic E-state index is 0.251. The molecule has 0 bridgehead atoms. The molecule has 3 nitrogen and oxygen atoms in total. The monoisotopic (exact) mass is 166 g/mol. The van der Waals surface area contributed by atoms with E-state index in [0.29, 0.717) is 11.3 Å². The van der Waals surface area contributed by atoms with E-state index in [1.54, 1.807) is 18.2 Å². The number of carbonyl (C=O) groups is 1. The number of benzene rings is 1. The fraction of sp³-hybridized carbons (Fsp3) is 0. The SMILES string of the molecule is O=C1O[SiH2]Oc2ccccc21. The number of fused-ring (bicyclic) bond motifs is 1. The molecule has 0 atom stereocenters. The maximum Gasteiger partial charge on any atom is 0.430 e. The van der Waals surface area contributed by atoms with Crippen molar-refractivity contribution in [2.24, 2.45) is 0 Å². The average Bonchev–Trinajstić information content (AvgIpc) is 2.06. The zero-order chi connectivity index (χ0) is 7.68. The molecule has 0 spiro atoms. The van der Waals surface area contributed by atoms with Crippen LogP contribution in [0.3, 0.4) is 0 Å². The van der Waals surface area contributed by atoms with Gasteiger partial charge in [-0.2, -0.15) is 0 Å². The molecule has 0 fully saturated rings. The molecule has 0 aromatic heterocycles. The van der Waals surface area contributed by atoms with Gasteiger partial charge in [-0.3, -0.25) is 0 Å². The summed E-state index contributed by atoms with van der Waals surface area (Å²) in [5, 5.41) is 0. The fourth-order valence-electron chi connectivity index (χ4n) is 0.985. The molecule has 1 heterocycles. The van der Waals surface area contributed by atoms with Crippen LogP contribution in [0.2, 0.25) is 0 Å². The second kappa shape index (κ2) is 2.39. The van der Waals surface area contributed by atoms with Crippen molar-refractivity contribution in [1.82, 2.24) is 0 Å². The number of hydrogen-bond acceptors (Lipinski definition) is 3. The van der Waals surface area contributed by atoms with Crippen LogP contribution in [0.5, 0.6) is 5.75 Å². The quantitative estimate of drug-likeness (QED) is 0.518. The van der Waals surface area contributed by atoms with Crippen LogP contribution in [0.25, 0.3) is 0 Å². The van der Waals surface area contributed by atoms with Crippen molar-refractivity contribution < 1.29 is 13.6 Å². The Labute approximate surface area is 66.0 Å². The highest BCUT2D eigenvalue weighted by atomic mass is 28.3. The summed E-state index contributed by atoms with van der Waals surface area (Å²) < 4.78 is 9.97. The van der Waals surface area contributed by atoms with E-state index in [4.69, 9.17) is 8.85 Å². The van der Waals surface area contributed by atoms with Crippen molar-refractivity contribution in [3.63, 3.8) is 0 Å². The number of rotatable bonds is 0. The van der Waals surface area contributed by atoms with Gasteiger partial charge in [-0.15, -0.1) is 0 Å². The van der Waals surface area contributed by atoms with Gasteiger partial charge in [0.15, 0.2) is 0 Å². The highest BCUT2D eigenvalue weighted by Crippen LogP contribution is 2.21. The number of para-hydroxylation sites is 1. The summed E-state index contributed by atoms with van der Waals surface area (Å²) in [7, 11) is -1.10. The van der Waals surface area contributed by atoms with Crippen LogP contribution < -0.4 is 4.43 Å². The second-order valence-corrected chi connectivity index (χ2v) is 3.00. The number of hydrogen-bond donors (Lipinski definition) is 0. The molecule has 0 aliphatic carbocycles. The second-order valence-electron chi connectivity index (χ2n) is 2.19. The standard InChI is InChI=1S/C7H6O3Si/c8-7-5-3-1-2-4-6(5)9-11-10-7/h1-4H,11H2. The first kappa shape index (κ1) is 6.42. The summed E-state index contributed by atoms with van der Waals surface area (Å²) in [6.45, 7) is 0. The predicted molar refractivity (Wildman–Crippen MR) is 41.0 cm³/mol. The van der Waals surface area contributed by atoms with Crippen LogP contribution in [0, 0.1) is 0 Å². The van der Waals surface area contributed by atoms with E-state index >= 15 is 0 Å². The first-order valence-electron chi connectivity index (χ1n) is 3.27. The van der Waals surface area contributed by atoms with Crippen molar-refractivity contribution in [3.05, 3.63) is 29.8 Å². The van der Waals surface area contributed by atoms with E-state index in [-0.39, 0.29) is 5.97 Å². The van der Waals surface area contributed by atoms with Crippen molar-refractivity contribution >= 4 is 16.0 Å². The molecule has 0 saturated heterocycles.